The first kappa shape index (κ1) is 26.5. The van der Waals surface area contributed by atoms with E-state index in [2.05, 4.69) is 15.0 Å². The lowest BCUT2D eigenvalue weighted by Gasteiger charge is -2.27. The van der Waals surface area contributed by atoms with Gasteiger partial charge in [-0.05, 0) is 80.1 Å². The van der Waals surface area contributed by atoms with Crippen LogP contribution in [0.25, 0.3) is 0 Å². The zero-order chi connectivity index (χ0) is 27.7. The molecule has 3 aromatic rings. The summed E-state index contributed by atoms with van der Waals surface area (Å²) in [5.41, 5.74) is -0.169. The number of ether oxygens (including phenoxy) is 2. The van der Waals surface area contributed by atoms with Crippen molar-refractivity contribution in [2.24, 2.45) is 0 Å². The summed E-state index contributed by atoms with van der Waals surface area (Å²) in [7, 11) is 1.52. The molecule has 1 N–H and O–H groups in total. The minimum atomic E-state index is -4.86. The monoisotopic (exact) mass is 528 g/mol. The Bertz CT molecular complexity index is 1360. The molecule has 12 heteroatoms. The normalized spacial score (nSPS) is 15.0. The lowest BCUT2D eigenvalue weighted by molar-refractivity contribution is -0.274. The van der Waals surface area contributed by atoms with E-state index >= 15 is 0 Å². The molecule has 0 unspecified atom stereocenters. The summed E-state index contributed by atoms with van der Waals surface area (Å²) in [6.07, 6.45) is -3.40. The molecule has 38 heavy (non-hydrogen) atoms. The Kier molecular flexibility index (Phi) is 6.99. The molecular weight excluding hydrogens is 505 g/mol. The van der Waals surface area contributed by atoms with E-state index in [1.807, 2.05) is 0 Å². The van der Waals surface area contributed by atoms with E-state index in [1.54, 1.807) is 50.2 Å². The second-order valence-corrected chi connectivity index (χ2v) is 8.84. The van der Waals surface area contributed by atoms with Crippen LogP contribution in [0.5, 0.6) is 11.5 Å². The fourth-order valence-electron chi connectivity index (χ4n) is 3.88. The van der Waals surface area contributed by atoms with E-state index in [9.17, 15) is 27.6 Å². The fourth-order valence-corrected chi connectivity index (χ4v) is 3.88. The van der Waals surface area contributed by atoms with E-state index in [4.69, 9.17) is 4.74 Å². The predicted octanol–water partition coefficient (Wildman–Crippen LogP) is 4.99. The number of rotatable bonds is 7. The van der Waals surface area contributed by atoms with Crippen LogP contribution in [-0.4, -0.2) is 46.7 Å². The molecule has 4 amide bonds. The Balaban J connectivity index is 1.50. The molecule has 1 aromatic heterocycles. The van der Waals surface area contributed by atoms with Crippen molar-refractivity contribution >= 4 is 29.4 Å². The number of aromatic nitrogens is 1. The minimum absolute atomic E-state index is 0.0112. The number of carbonyl (C=O) groups is 3. The third-order valence-corrected chi connectivity index (χ3v) is 5.91. The van der Waals surface area contributed by atoms with Gasteiger partial charge >= 0.3 is 12.4 Å². The van der Waals surface area contributed by atoms with Gasteiger partial charge in [-0.2, -0.15) is 0 Å². The summed E-state index contributed by atoms with van der Waals surface area (Å²) in [5.74, 6) is -0.564. The molecule has 1 aliphatic rings. The molecule has 2 heterocycles. The number of amides is 4. The molecular formula is C26H23F3N4O5. The van der Waals surface area contributed by atoms with Crippen LogP contribution in [0, 0.1) is 0 Å². The standard InChI is InChI=1S/C26H23F3N4O5/c1-25(2)23(35)33(18-6-10-20(11-7-18)38-26(27,28)29)24(36)32(25)15-16-12-13-30-21(14-16)31-22(34)17-4-8-19(37-3)9-5-17/h4-14H,15H2,1-3H3,(H,30,31,34). The largest absolute Gasteiger partial charge is 0.573 e. The van der Waals surface area contributed by atoms with Gasteiger partial charge in [-0.3, -0.25) is 9.59 Å². The molecule has 1 fully saturated rings. The fraction of sp³-hybridized carbons (Fsp3) is 0.231. The number of benzene rings is 2. The number of nitrogens with one attached hydrogen (secondary N) is 1. The molecule has 198 valence electrons. The van der Waals surface area contributed by atoms with Gasteiger partial charge in [-0.1, -0.05) is 0 Å². The molecule has 4 rings (SSSR count). The first-order chi connectivity index (χ1) is 17.9. The van der Waals surface area contributed by atoms with Gasteiger partial charge in [0.1, 0.15) is 22.9 Å². The van der Waals surface area contributed by atoms with Crippen LogP contribution in [0.3, 0.4) is 0 Å². The molecule has 0 spiro atoms. The predicted molar refractivity (Wildman–Crippen MR) is 131 cm³/mol. The SMILES string of the molecule is COc1ccc(C(=O)Nc2cc(CN3C(=O)N(c4ccc(OC(F)(F)F)cc4)C(=O)C3(C)C)ccn2)cc1. The number of pyridine rings is 1. The van der Waals surface area contributed by atoms with Crippen molar-refractivity contribution in [3.63, 3.8) is 0 Å². The summed E-state index contributed by atoms with van der Waals surface area (Å²) in [4.78, 5) is 45.4. The summed E-state index contributed by atoms with van der Waals surface area (Å²) < 4.78 is 46.3. The van der Waals surface area contributed by atoms with E-state index < -0.39 is 35.5 Å². The molecule has 0 radical (unpaired) electrons. The third kappa shape index (κ3) is 5.53. The Labute approximate surface area is 215 Å². The maximum absolute atomic E-state index is 13.3. The number of anilines is 2. The topological polar surface area (TPSA) is 101 Å². The number of alkyl halides is 3. The molecule has 1 saturated heterocycles. The molecule has 0 aliphatic carbocycles. The molecule has 2 aromatic carbocycles. The first-order valence-corrected chi connectivity index (χ1v) is 11.3. The average Bonchev–Trinajstić information content (AvgIpc) is 3.03. The summed E-state index contributed by atoms with van der Waals surface area (Å²) in [5, 5.41) is 2.69. The number of methoxy groups -OCH3 is 1. The van der Waals surface area contributed by atoms with Crippen molar-refractivity contribution in [1.82, 2.24) is 9.88 Å². The van der Waals surface area contributed by atoms with Crippen molar-refractivity contribution in [2.45, 2.75) is 32.3 Å². The number of urea groups is 1. The van der Waals surface area contributed by atoms with Crippen molar-refractivity contribution in [3.05, 3.63) is 78.0 Å². The van der Waals surface area contributed by atoms with E-state index in [0.29, 0.717) is 16.9 Å². The zero-order valence-corrected chi connectivity index (χ0v) is 20.6. The maximum Gasteiger partial charge on any atom is 0.573 e. The van der Waals surface area contributed by atoms with Crippen molar-refractivity contribution < 1.29 is 37.0 Å². The first-order valence-electron chi connectivity index (χ1n) is 11.3. The van der Waals surface area contributed by atoms with Gasteiger partial charge in [0.2, 0.25) is 0 Å². The lowest BCUT2D eigenvalue weighted by Crippen LogP contribution is -2.43. The van der Waals surface area contributed by atoms with Gasteiger partial charge < -0.3 is 19.7 Å². The van der Waals surface area contributed by atoms with Crippen molar-refractivity contribution in [2.75, 3.05) is 17.3 Å². The highest BCUT2D eigenvalue weighted by Crippen LogP contribution is 2.34. The number of halogens is 3. The smallest absolute Gasteiger partial charge is 0.497 e. The van der Waals surface area contributed by atoms with E-state index in [-0.39, 0.29) is 18.1 Å². The zero-order valence-electron chi connectivity index (χ0n) is 20.6. The Morgan fingerprint density at radius 3 is 2.24 bits per heavy atom. The van der Waals surface area contributed by atoms with Crippen LogP contribution in [0.4, 0.5) is 29.5 Å². The van der Waals surface area contributed by atoms with E-state index in [1.165, 1.54) is 30.3 Å². The van der Waals surface area contributed by atoms with Crippen LogP contribution in [0.1, 0.15) is 29.8 Å². The van der Waals surface area contributed by atoms with Crippen LogP contribution in [-0.2, 0) is 11.3 Å². The highest BCUT2D eigenvalue weighted by molar-refractivity contribution is 6.22. The summed E-state index contributed by atoms with van der Waals surface area (Å²) in [6, 6.07) is 13.6. The second-order valence-electron chi connectivity index (χ2n) is 8.84. The van der Waals surface area contributed by atoms with E-state index in [0.717, 1.165) is 17.0 Å². The Morgan fingerprint density at radius 2 is 1.63 bits per heavy atom. The van der Waals surface area contributed by atoms with Crippen molar-refractivity contribution in [3.8, 4) is 11.5 Å². The summed E-state index contributed by atoms with van der Waals surface area (Å²) in [6.45, 7) is 3.15. The number of nitrogens with zero attached hydrogens (tertiary/aromatic N) is 3. The van der Waals surface area contributed by atoms with Gasteiger partial charge in [-0.15, -0.1) is 13.2 Å². The number of imide groups is 1. The highest BCUT2D eigenvalue weighted by atomic mass is 19.4. The second kappa shape index (κ2) is 10.0. The minimum Gasteiger partial charge on any atom is -0.497 e. The quantitative estimate of drug-likeness (QED) is 0.434. The molecule has 0 bridgehead atoms. The number of hydrogen-bond donors (Lipinski definition) is 1. The van der Waals surface area contributed by atoms with Crippen LogP contribution >= 0.6 is 0 Å². The van der Waals surface area contributed by atoms with Gasteiger partial charge in [0.05, 0.1) is 12.8 Å². The summed E-state index contributed by atoms with van der Waals surface area (Å²) >= 11 is 0. The Hall–Kier alpha value is -4.61. The molecule has 0 atom stereocenters. The number of carbonyl (C=O) groups excluding carboxylic acids is 3. The molecule has 0 saturated carbocycles. The maximum atomic E-state index is 13.3. The van der Waals surface area contributed by atoms with Crippen molar-refractivity contribution in [1.29, 1.82) is 0 Å². The van der Waals surface area contributed by atoms with Gasteiger partial charge in [0, 0.05) is 18.3 Å². The number of hydrogen-bond acceptors (Lipinski definition) is 6. The van der Waals surface area contributed by atoms with Crippen LogP contribution < -0.4 is 19.7 Å². The highest BCUT2D eigenvalue weighted by Gasteiger charge is 2.51. The molecule has 9 nitrogen and oxygen atoms in total. The van der Waals surface area contributed by atoms with Crippen LogP contribution in [0.15, 0.2) is 66.9 Å². The lowest BCUT2D eigenvalue weighted by atomic mass is 10.0. The average molecular weight is 528 g/mol. The van der Waals surface area contributed by atoms with Gasteiger partial charge in [-0.25, -0.2) is 14.7 Å². The van der Waals surface area contributed by atoms with Gasteiger partial charge in [0.25, 0.3) is 11.8 Å². The van der Waals surface area contributed by atoms with Crippen LogP contribution in [0.2, 0.25) is 0 Å². The third-order valence-electron chi connectivity index (χ3n) is 5.91. The van der Waals surface area contributed by atoms with Gasteiger partial charge in [0.15, 0.2) is 0 Å². The molecule has 1 aliphatic heterocycles. The Morgan fingerprint density at radius 1 is 1.00 bits per heavy atom.